The van der Waals surface area contributed by atoms with Crippen LogP contribution in [0.4, 0.5) is 0 Å². The monoisotopic (exact) mass is 160 g/mol. The SMILES string of the molecule is COC1(Cl)NC=CC=C1N. The van der Waals surface area contributed by atoms with Crippen molar-refractivity contribution >= 4 is 11.6 Å². The number of dihydropyridines is 1. The summed E-state index contributed by atoms with van der Waals surface area (Å²) in [4.78, 5) is 0. The lowest BCUT2D eigenvalue weighted by atomic mass is 10.3. The molecule has 1 aliphatic heterocycles. The highest BCUT2D eigenvalue weighted by atomic mass is 35.5. The molecule has 0 amide bonds. The number of halogens is 1. The molecule has 10 heavy (non-hydrogen) atoms. The molecule has 0 bridgehead atoms. The average Bonchev–Trinajstić information content (AvgIpc) is 1.96. The Bertz CT molecular complexity index is 190. The normalized spacial score (nSPS) is 31.2. The summed E-state index contributed by atoms with van der Waals surface area (Å²) in [7, 11) is 1.49. The minimum atomic E-state index is -1.05. The van der Waals surface area contributed by atoms with Gasteiger partial charge in [0, 0.05) is 13.3 Å². The lowest BCUT2D eigenvalue weighted by Crippen LogP contribution is -2.44. The van der Waals surface area contributed by atoms with Gasteiger partial charge in [-0.15, -0.1) is 0 Å². The molecule has 4 heteroatoms. The number of alkyl halides is 1. The van der Waals surface area contributed by atoms with Crippen LogP contribution in [0.1, 0.15) is 0 Å². The Hall–Kier alpha value is -0.670. The largest absolute Gasteiger partial charge is 0.397 e. The van der Waals surface area contributed by atoms with Crippen molar-refractivity contribution < 1.29 is 4.74 Å². The summed E-state index contributed by atoms with van der Waals surface area (Å²) in [6, 6.07) is 0. The molecule has 0 saturated heterocycles. The lowest BCUT2D eigenvalue weighted by molar-refractivity contribution is 0.0745. The number of allylic oxidation sites excluding steroid dienone is 2. The first-order valence-electron chi connectivity index (χ1n) is 2.83. The summed E-state index contributed by atoms with van der Waals surface area (Å²) >= 11 is 5.83. The fraction of sp³-hybridized carbons (Fsp3) is 0.333. The molecule has 0 spiro atoms. The van der Waals surface area contributed by atoms with Gasteiger partial charge in [-0.25, -0.2) is 0 Å². The summed E-state index contributed by atoms with van der Waals surface area (Å²) in [6.45, 7) is 0. The lowest BCUT2D eigenvalue weighted by Gasteiger charge is -2.27. The number of methoxy groups -OCH3 is 1. The van der Waals surface area contributed by atoms with Crippen LogP contribution in [0.3, 0.4) is 0 Å². The van der Waals surface area contributed by atoms with E-state index >= 15 is 0 Å². The van der Waals surface area contributed by atoms with Crippen LogP contribution in [-0.4, -0.2) is 12.3 Å². The molecular formula is C6H9ClN2O. The van der Waals surface area contributed by atoms with Crippen LogP contribution in [0, 0.1) is 0 Å². The minimum absolute atomic E-state index is 0.458. The molecule has 1 rings (SSSR count). The number of nitrogens with one attached hydrogen (secondary N) is 1. The molecule has 0 fully saturated rings. The predicted octanol–water partition coefficient (Wildman–Crippen LogP) is 0.485. The third kappa shape index (κ3) is 1.10. The van der Waals surface area contributed by atoms with Gasteiger partial charge in [0.1, 0.15) is 0 Å². The summed E-state index contributed by atoms with van der Waals surface area (Å²) in [5.41, 5.74) is 5.97. The number of hydrogen-bond acceptors (Lipinski definition) is 3. The summed E-state index contributed by atoms with van der Waals surface area (Å²) in [5, 5.41) is 1.72. The molecule has 3 N–H and O–H groups in total. The molecule has 1 unspecified atom stereocenters. The van der Waals surface area contributed by atoms with Gasteiger partial charge in [0.05, 0.1) is 5.70 Å². The van der Waals surface area contributed by atoms with E-state index in [0.29, 0.717) is 5.70 Å². The third-order valence-corrected chi connectivity index (χ3v) is 1.78. The molecular weight excluding hydrogens is 152 g/mol. The Morgan fingerprint density at radius 2 is 2.50 bits per heavy atom. The third-order valence-electron chi connectivity index (χ3n) is 1.29. The molecule has 0 aliphatic carbocycles. The zero-order valence-corrected chi connectivity index (χ0v) is 6.35. The zero-order chi connectivity index (χ0) is 7.61. The van der Waals surface area contributed by atoms with Gasteiger partial charge in [0.25, 0.3) is 5.18 Å². The van der Waals surface area contributed by atoms with Crippen LogP contribution >= 0.6 is 11.6 Å². The molecule has 0 aromatic heterocycles. The van der Waals surface area contributed by atoms with Gasteiger partial charge in [0.15, 0.2) is 0 Å². The maximum Gasteiger partial charge on any atom is 0.258 e. The highest BCUT2D eigenvalue weighted by Gasteiger charge is 2.29. The molecule has 1 atom stereocenters. The van der Waals surface area contributed by atoms with Gasteiger partial charge in [0.2, 0.25) is 0 Å². The van der Waals surface area contributed by atoms with Crippen molar-refractivity contribution in [1.29, 1.82) is 0 Å². The Kier molecular flexibility index (Phi) is 1.87. The summed E-state index contributed by atoms with van der Waals surface area (Å²) in [5.74, 6) is 0. The highest BCUT2D eigenvalue weighted by Crippen LogP contribution is 2.20. The first-order chi connectivity index (χ1) is 4.69. The van der Waals surface area contributed by atoms with E-state index in [1.807, 2.05) is 0 Å². The Morgan fingerprint density at radius 3 is 2.90 bits per heavy atom. The maximum atomic E-state index is 5.83. The van der Waals surface area contributed by atoms with Gasteiger partial charge in [-0.1, -0.05) is 11.6 Å². The van der Waals surface area contributed by atoms with E-state index in [0.717, 1.165) is 0 Å². The second-order valence-corrected chi connectivity index (χ2v) is 2.46. The van der Waals surface area contributed by atoms with Gasteiger partial charge in [-0.05, 0) is 12.2 Å². The Morgan fingerprint density at radius 1 is 1.80 bits per heavy atom. The number of rotatable bonds is 1. The van der Waals surface area contributed by atoms with Crippen LogP contribution in [0.5, 0.6) is 0 Å². The zero-order valence-electron chi connectivity index (χ0n) is 5.60. The summed E-state index contributed by atoms with van der Waals surface area (Å²) in [6.07, 6.45) is 5.12. The molecule has 0 aromatic rings. The quantitative estimate of drug-likeness (QED) is 0.434. The average molecular weight is 161 g/mol. The van der Waals surface area contributed by atoms with Gasteiger partial charge in [-0.3, -0.25) is 0 Å². The molecule has 56 valence electrons. The van der Waals surface area contributed by atoms with Crippen molar-refractivity contribution in [1.82, 2.24) is 5.32 Å². The second kappa shape index (κ2) is 2.52. The molecule has 0 aromatic carbocycles. The van der Waals surface area contributed by atoms with E-state index in [1.165, 1.54) is 7.11 Å². The number of nitrogens with two attached hydrogens (primary N) is 1. The van der Waals surface area contributed by atoms with E-state index in [1.54, 1.807) is 18.4 Å². The molecule has 1 aliphatic rings. The van der Waals surface area contributed by atoms with Crippen LogP contribution in [0.15, 0.2) is 24.0 Å². The molecule has 1 heterocycles. The van der Waals surface area contributed by atoms with Crippen LogP contribution in [0.25, 0.3) is 0 Å². The predicted molar refractivity (Wildman–Crippen MR) is 40.1 cm³/mol. The van der Waals surface area contributed by atoms with Crippen LogP contribution < -0.4 is 11.1 Å². The molecule has 0 radical (unpaired) electrons. The maximum absolute atomic E-state index is 5.83. The van der Waals surface area contributed by atoms with Gasteiger partial charge < -0.3 is 15.8 Å². The minimum Gasteiger partial charge on any atom is -0.397 e. The van der Waals surface area contributed by atoms with Crippen LogP contribution in [-0.2, 0) is 4.74 Å². The standard InChI is InChI=1S/C6H9ClN2O/c1-10-6(7)5(8)3-2-4-9-6/h2-4,9H,8H2,1H3. The second-order valence-electron chi connectivity index (χ2n) is 1.92. The number of hydrogen-bond donors (Lipinski definition) is 2. The Labute approximate surface area is 64.5 Å². The van der Waals surface area contributed by atoms with E-state index in [-0.39, 0.29) is 0 Å². The number of ether oxygens (including phenoxy) is 1. The van der Waals surface area contributed by atoms with E-state index in [4.69, 9.17) is 22.1 Å². The Balaban J connectivity index is 2.81. The smallest absolute Gasteiger partial charge is 0.258 e. The highest BCUT2D eigenvalue weighted by molar-refractivity contribution is 6.24. The van der Waals surface area contributed by atoms with Gasteiger partial charge >= 0.3 is 0 Å². The van der Waals surface area contributed by atoms with E-state index in [2.05, 4.69) is 5.32 Å². The first-order valence-corrected chi connectivity index (χ1v) is 3.21. The fourth-order valence-electron chi connectivity index (χ4n) is 0.674. The van der Waals surface area contributed by atoms with E-state index in [9.17, 15) is 0 Å². The van der Waals surface area contributed by atoms with Crippen molar-refractivity contribution in [3.05, 3.63) is 24.0 Å². The summed E-state index contributed by atoms with van der Waals surface area (Å²) < 4.78 is 4.90. The fourth-order valence-corrected chi connectivity index (χ4v) is 0.800. The topological polar surface area (TPSA) is 47.3 Å². The van der Waals surface area contributed by atoms with Crippen molar-refractivity contribution in [2.24, 2.45) is 5.73 Å². The van der Waals surface area contributed by atoms with Crippen molar-refractivity contribution in [3.63, 3.8) is 0 Å². The molecule has 3 nitrogen and oxygen atoms in total. The molecule has 0 saturated carbocycles. The van der Waals surface area contributed by atoms with Crippen molar-refractivity contribution in [2.75, 3.05) is 7.11 Å². The van der Waals surface area contributed by atoms with Crippen molar-refractivity contribution in [2.45, 2.75) is 5.18 Å². The van der Waals surface area contributed by atoms with E-state index < -0.39 is 5.18 Å². The van der Waals surface area contributed by atoms with Crippen molar-refractivity contribution in [3.8, 4) is 0 Å². The van der Waals surface area contributed by atoms with Gasteiger partial charge in [-0.2, -0.15) is 0 Å². The van der Waals surface area contributed by atoms with Crippen LogP contribution in [0.2, 0.25) is 0 Å². The first kappa shape index (κ1) is 7.44.